The van der Waals surface area contributed by atoms with Gasteiger partial charge < -0.3 is 5.32 Å². The van der Waals surface area contributed by atoms with Crippen molar-refractivity contribution in [1.82, 2.24) is 4.98 Å². The topological polar surface area (TPSA) is 102 Å². The highest BCUT2D eigenvalue weighted by molar-refractivity contribution is 9.10. The minimum atomic E-state index is -3.21. The van der Waals surface area contributed by atoms with Crippen molar-refractivity contribution in [2.45, 2.75) is 6.04 Å². The highest BCUT2D eigenvalue weighted by Crippen LogP contribution is 2.26. The van der Waals surface area contributed by atoms with Crippen molar-refractivity contribution in [3.8, 4) is 0 Å². The Bertz CT molecular complexity index is 629. The van der Waals surface area contributed by atoms with Crippen LogP contribution in [0.25, 0.3) is 0 Å². The molecular weight excluding hydrogens is 326 g/mol. The van der Waals surface area contributed by atoms with Gasteiger partial charge in [-0.3, -0.25) is 10.1 Å². The quantitative estimate of drug-likeness (QED) is 0.663. The molecule has 96 valence electrons. The fourth-order valence-corrected chi connectivity index (χ4v) is 3.07. The predicted molar refractivity (Wildman–Crippen MR) is 68.9 cm³/mol. The number of aromatic nitrogens is 1. The lowest BCUT2D eigenvalue weighted by Gasteiger charge is -2.10. The van der Waals surface area contributed by atoms with Crippen molar-refractivity contribution >= 4 is 37.3 Å². The maximum absolute atomic E-state index is 11.2. The lowest BCUT2D eigenvalue weighted by molar-refractivity contribution is -0.384. The average Bonchev–Trinajstić information content (AvgIpc) is 2.60. The summed E-state index contributed by atoms with van der Waals surface area (Å²) >= 11 is 3.09. The van der Waals surface area contributed by atoms with E-state index in [0.717, 1.165) is 5.41 Å². The summed E-state index contributed by atoms with van der Waals surface area (Å²) in [6, 6.07) is 0.810. The van der Waals surface area contributed by atoms with Gasteiger partial charge in [-0.1, -0.05) is 0 Å². The van der Waals surface area contributed by atoms with Gasteiger partial charge in [0.25, 0.3) is 0 Å². The van der Waals surface area contributed by atoms with Crippen molar-refractivity contribution in [2.24, 2.45) is 0 Å². The van der Waals surface area contributed by atoms with Crippen LogP contribution in [-0.4, -0.2) is 30.1 Å². The van der Waals surface area contributed by atoms with E-state index in [9.17, 15) is 18.5 Å². The second-order valence-electron chi connectivity index (χ2n) is 3.69. The lowest BCUT2D eigenvalue weighted by atomic mass is 10.3. The van der Waals surface area contributed by atoms with Gasteiger partial charge in [0.1, 0.15) is 0 Å². The molecule has 1 atom stereocenters. The van der Waals surface area contributed by atoms with Crippen LogP contribution in [0.5, 0.6) is 0 Å². The van der Waals surface area contributed by atoms with Crippen LogP contribution in [-0.2, 0) is 9.84 Å². The summed E-state index contributed by atoms with van der Waals surface area (Å²) < 4.78 is 22.9. The summed E-state index contributed by atoms with van der Waals surface area (Å²) in [5.41, 5.74) is -0.206. The molecule has 0 fully saturated rings. The maximum Gasteiger partial charge on any atom is 0.312 e. The third-order valence-corrected chi connectivity index (χ3v) is 4.11. The van der Waals surface area contributed by atoms with Gasteiger partial charge >= 0.3 is 5.69 Å². The van der Waals surface area contributed by atoms with Gasteiger partial charge in [-0.25, -0.2) is 13.4 Å². The molecule has 1 N–H and O–H groups in total. The number of nitro groups is 1. The molecule has 7 nitrogen and oxygen atoms in total. The molecule has 1 aliphatic rings. The van der Waals surface area contributed by atoms with Gasteiger partial charge in [0.2, 0.25) is 5.82 Å². The van der Waals surface area contributed by atoms with Crippen LogP contribution in [0.15, 0.2) is 28.2 Å². The van der Waals surface area contributed by atoms with Crippen LogP contribution >= 0.6 is 15.9 Å². The molecule has 1 unspecified atom stereocenters. The number of nitrogens with one attached hydrogen (secondary N) is 1. The number of rotatable bonds is 3. The van der Waals surface area contributed by atoms with Gasteiger partial charge in [-0.2, -0.15) is 0 Å². The Balaban J connectivity index is 2.25. The summed E-state index contributed by atoms with van der Waals surface area (Å²) in [6.07, 6.45) is 2.85. The first-order valence-electron chi connectivity index (χ1n) is 4.85. The van der Waals surface area contributed by atoms with Crippen LogP contribution in [0.1, 0.15) is 0 Å². The van der Waals surface area contributed by atoms with E-state index in [1.165, 1.54) is 18.3 Å². The largest absolute Gasteiger partial charge is 0.357 e. The first kappa shape index (κ1) is 13.0. The summed E-state index contributed by atoms with van der Waals surface area (Å²) in [6.45, 7) is 0. The summed E-state index contributed by atoms with van der Waals surface area (Å²) in [7, 11) is -3.21. The molecule has 0 aromatic carbocycles. The maximum atomic E-state index is 11.2. The molecule has 9 heteroatoms. The molecule has 0 amide bonds. The van der Waals surface area contributed by atoms with Crippen LogP contribution in [0.3, 0.4) is 0 Å². The zero-order chi connectivity index (χ0) is 13.3. The number of hydrogen-bond donors (Lipinski definition) is 1. The third-order valence-electron chi connectivity index (χ3n) is 2.28. The minimum Gasteiger partial charge on any atom is -0.357 e. The fraction of sp³-hybridized carbons (Fsp3) is 0.222. The van der Waals surface area contributed by atoms with Gasteiger partial charge in [-0.05, 0) is 22.0 Å². The van der Waals surface area contributed by atoms with E-state index >= 15 is 0 Å². The van der Waals surface area contributed by atoms with Crippen LogP contribution in [0, 0.1) is 10.1 Å². The van der Waals surface area contributed by atoms with E-state index in [1.807, 2.05) is 0 Å². The highest BCUT2D eigenvalue weighted by Gasteiger charge is 2.25. The van der Waals surface area contributed by atoms with Crippen molar-refractivity contribution in [3.63, 3.8) is 0 Å². The number of halogens is 1. The Kier molecular flexibility index (Phi) is 3.35. The molecule has 1 aliphatic heterocycles. The molecule has 0 spiro atoms. The van der Waals surface area contributed by atoms with Gasteiger partial charge in [0, 0.05) is 22.1 Å². The average molecular weight is 334 g/mol. The van der Waals surface area contributed by atoms with Crippen molar-refractivity contribution in [1.29, 1.82) is 0 Å². The van der Waals surface area contributed by atoms with Gasteiger partial charge in [-0.15, -0.1) is 0 Å². The van der Waals surface area contributed by atoms with Gasteiger partial charge in [0.05, 0.1) is 16.7 Å². The van der Waals surface area contributed by atoms with Gasteiger partial charge in [0.15, 0.2) is 9.84 Å². The molecule has 2 rings (SSSR count). The molecular formula is C9H8BrN3O4S. The molecule has 1 aromatic heterocycles. The first-order valence-corrected chi connectivity index (χ1v) is 7.36. The third kappa shape index (κ3) is 2.85. The molecule has 18 heavy (non-hydrogen) atoms. The van der Waals surface area contributed by atoms with Crippen LogP contribution < -0.4 is 5.32 Å². The van der Waals surface area contributed by atoms with E-state index in [-0.39, 0.29) is 17.3 Å². The Morgan fingerprint density at radius 1 is 1.56 bits per heavy atom. The Labute approximate surface area is 111 Å². The number of anilines is 1. The molecule has 2 heterocycles. The van der Waals surface area contributed by atoms with Crippen molar-refractivity contribution in [3.05, 3.63) is 38.3 Å². The Morgan fingerprint density at radius 3 is 2.83 bits per heavy atom. The number of nitrogens with zero attached hydrogens (tertiary/aromatic N) is 2. The molecule has 0 saturated carbocycles. The smallest absolute Gasteiger partial charge is 0.312 e. The van der Waals surface area contributed by atoms with Crippen LogP contribution in [0.2, 0.25) is 0 Å². The number of pyridine rings is 1. The minimum absolute atomic E-state index is 0.0509. The van der Waals surface area contributed by atoms with E-state index in [1.54, 1.807) is 0 Å². The van der Waals surface area contributed by atoms with Crippen molar-refractivity contribution in [2.75, 3.05) is 11.1 Å². The first-order chi connectivity index (χ1) is 8.37. The van der Waals surface area contributed by atoms with E-state index < -0.39 is 20.8 Å². The fourth-order valence-electron chi connectivity index (χ4n) is 1.52. The standard InChI is InChI=1S/C9H8BrN3O4S/c10-6-3-8(13(14)15)9(11-4-6)12-7-1-2-18(16,17)5-7/h1-4,7H,5H2,(H,11,12). The second-order valence-corrected chi connectivity index (χ2v) is 6.53. The number of hydrogen-bond acceptors (Lipinski definition) is 6. The van der Waals surface area contributed by atoms with E-state index in [0.29, 0.717) is 4.47 Å². The molecule has 0 bridgehead atoms. The predicted octanol–water partition coefficient (Wildman–Crippen LogP) is 1.47. The Hall–Kier alpha value is -1.48. The van der Waals surface area contributed by atoms with E-state index in [2.05, 4.69) is 26.2 Å². The molecule has 1 aromatic rings. The highest BCUT2D eigenvalue weighted by atomic mass is 79.9. The van der Waals surface area contributed by atoms with E-state index in [4.69, 9.17) is 0 Å². The second kappa shape index (κ2) is 4.65. The molecule has 0 saturated heterocycles. The SMILES string of the molecule is O=[N+]([O-])c1cc(Br)cnc1NC1C=CS(=O)(=O)C1. The summed E-state index contributed by atoms with van der Waals surface area (Å²) in [5.74, 6) is -0.0722. The lowest BCUT2D eigenvalue weighted by Crippen LogP contribution is -2.22. The van der Waals surface area contributed by atoms with Crippen LogP contribution in [0.4, 0.5) is 11.5 Å². The Morgan fingerprint density at radius 2 is 2.28 bits per heavy atom. The van der Waals surface area contributed by atoms with Crippen molar-refractivity contribution < 1.29 is 13.3 Å². The molecule has 0 radical (unpaired) electrons. The summed E-state index contributed by atoms with van der Waals surface area (Å²) in [4.78, 5) is 14.1. The summed E-state index contributed by atoms with van der Waals surface area (Å²) in [5, 5.41) is 14.7. The zero-order valence-corrected chi connectivity index (χ0v) is 11.3. The zero-order valence-electron chi connectivity index (χ0n) is 8.91. The monoisotopic (exact) mass is 333 g/mol. The normalized spacial score (nSPS) is 20.8. The number of sulfone groups is 1. The molecule has 0 aliphatic carbocycles.